The number of aryl methyl sites for hydroxylation is 1. The molecule has 0 aliphatic carbocycles. The van der Waals surface area contributed by atoms with Crippen LogP contribution < -0.4 is 4.90 Å². The standard InChI is InChI=1S/C14H22N4/c1-11-5-7-15-14(16-11)18-8-3-4-12-10-17(2)9-6-13(12)18/h5,7,12-13H,3-4,6,8-10H2,1-2H3/t12-,13+/m1/s1. The average molecular weight is 246 g/mol. The fourth-order valence-electron chi connectivity index (χ4n) is 3.41. The highest BCUT2D eigenvalue weighted by Crippen LogP contribution is 2.32. The van der Waals surface area contributed by atoms with Gasteiger partial charge in [-0.1, -0.05) is 0 Å². The van der Waals surface area contributed by atoms with Crippen molar-refractivity contribution >= 4 is 5.95 Å². The lowest BCUT2D eigenvalue weighted by molar-refractivity contribution is 0.153. The Labute approximate surface area is 109 Å². The van der Waals surface area contributed by atoms with Crippen LogP contribution in [0, 0.1) is 12.8 Å². The van der Waals surface area contributed by atoms with Crippen LogP contribution in [0.15, 0.2) is 12.3 Å². The maximum absolute atomic E-state index is 4.61. The van der Waals surface area contributed by atoms with Gasteiger partial charge in [-0.15, -0.1) is 0 Å². The summed E-state index contributed by atoms with van der Waals surface area (Å²) in [5.41, 5.74) is 1.06. The molecule has 2 aliphatic heterocycles. The highest BCUT2D eigenvalue weighted by Gasteiger charge is 2.35. The maximum atomic E-state index is 4.61. The smallest absolute Gasteiger partial charge is 0.225 e. The molecule has 0 N–H and O–H groups in total. The summed E-state index contributed by atoms with van der Waals surface area (Å²) in [5.74, 6) is 1.73. The van der Waals surface area contributed by atoms with Crippen LogP contribution in [0.25, 0.3) is 0 Å². The SMILES string of the molecule is Cc1ccnc(N2CCC[C@@H]3CN(C)CC[C@@H]32)n1. The molecule has 2 saturated heterocycles. The van der Waals surface area contributed by atoms with Crippen molar-refractivity contribution in [3.63, 3.8) is 0 Å². The highest BCUT2D eigenvalue weighted by atomic mass is 15.3. The van der Waals surface area contributed by atoms with Crippen molar-refractivity contribution in [1.29, 1.82) is 0 Å². The number of fused-ring (bicyclic) bond motifs is 1. The number of nitrogens with zero attached hydrogens (tertiary/aromatic N) is 4. The fraction of sp³-hybridized carbons (Fsp3) is 0.714. The molecule has 0 saturated carbocycles. The van der Waals surface area contributed by atoms with E-state index in [-0.39, 0.29) is 0 Å². The van der Waals surface area contributed by atoms with Gasteiger partial charge in [0, 0.05) is 31.0 Å². The molecule has 2 fully saturated rings. The van der Waals surface area contributed by atoms with Crippen LogP contribution in [0.4, 0.5) is 5.95 Å². The van der Waals surface area contributed by atoms with Gasteiger partial charge in [0.05, 0.1) is 0 Å². The number of piperidine rings is 2. The first-order chi connectivity index (χ1) is 8.74. The van der Waals surface area contributed by atoms with Crippen molar-refractivity contribution in [2.45, 2.75) is 32.2 Å². The Morgan fingerprint density at radius 2 is 2.17 bits per heavy atom. The minimum absolute atomic E-state index is 0.650. The van der Waals surface area contributed by atoms with E-state index in [4.69, 9.17) is 0 Å². The first-order valence-corrected chi connectivity index (χ1v) is 6.99. The third kappa shape index (κ3) is 2.21. The quantitative estimate of drug-likeness (QED) is 0.755. The molecule has 4 nitrogen and oxygen atoms in total. The first kappa shape index (κ1) is 11.9. The van der Waals surface area contributed by atoms with E-state index >= 15 is 0 Å². The lowest BCUT2D eigenvalue weighted by atomic mass is 9.84. The van der Waals surface area contributed by atoms with E-state index in [1.165, 1.54) is 32.4 Å². The van der Waals surface area contributed by atoms with E-state index in [2.05, 4.69) is 26.8 Å². The van der Waals surface area contributed by atoms with E-state index in [9.17, 15) is 0 Å². The van der Waals surface area contributed by atoms with Crippen LogP contribution in [0.3, 0.4) is 0 Å². The molecule has 2 aliphatic rings. The third-order valence-electron chi connectivity index (χ3n) is 4.31. The zero-order valence-electron chi connectivity index (χ0n) is 11.3. The summed E-state index contributed by atoms with van der Waals surface area (Å²) in [4.78, 5) is 14.0. The minimum Gasteiger partial charge on any atom is -0.337 e. The monoisotopic (exact) mass is 246 g/mol. The van der Waals surface area contributed by atoms with Crippen molar-refractivity contribution in [2.24, 2.45) is 5.92 Å². The summed E-state index contributed by atoms with van der Waals surface area (Å²) in [7, 11) is 2.23. The maximum Gasteiger partial charge on any atom is 0.225 e. The predicted octanol–water partition coefficient (Wildman–Crippen LogP) is 1.71. The van der Waals surface area contributed by atoms with Crippen LogP contribution in [0.2, 0.25) is 0 Å². The van der Waals surface area contributed by atoms with E-state index in [1.807, 2.05) is 19.2 Å². The van der Waals surface area contributed by atoms with Gasteiger partial charge in [-0.05, 0) is 51.8 Å². The lowest BCUT2D eigenvalue weighted by Gasteiger charge is -2.46. The Kier molecular flexibility index (Phi) is 3.20. The molecular formula is C14H22N4. The second-order valence-electron chi connectivity index (χ2n) is 5.71. The van der Waals surface area contributed by atoms with E-state index < -0.39 is 0 Å². The largest absolute Gasteiger partial charge is 0.337 e. The molecule has 1 aromatic rings. The van der Waals surface area contributed by atoms with E-state index in [1.54, 1.807) is 0 Å². The fourth-order valence-corrected chi connectivity index (χ4v) is 3.41. The summed E-state index contributed by atoms with van der Waals surface area (Å²) >= 11 is 0. The predicted molar refractivity (Wildman–Crippen MR) is 72.7 cm³/mol. The summed E-state index contributed by atoms with van der Waals surface area (Å²) in [6.07, 6.45) is 5.76. The minimum atomic E-state index is 0.650. The second-order valence-corrected chi connectivity index (χ2v) is 5.71. The van der Waals surface area contributed by atoms with Gasteiger partial charge in [-0.25, -0.2) is 9.97 Å². The molecule has 0 unspecified atom stereocenters. The van der Waals surface area contributed by atoms with Gasteiger partial charge in [0.2, 0.25) is 5.95 Å². The van der Waals surface area contributed by atoms with Crippen LogP contribution in [0.5, 0.6) is 0 Å². The van der Waals surface area contributed by atoms with Gasteiger partial charge < -0.3 is 9.80 Å². The van der Waals surface area contributed by atoms with Crippen LogP contribution in [0.1, 0.15) is 25.0 Å². The molecule has 3 heterocycles. The zero-order chi connectivity index (χ0) is 12.5. The van der Waals surface area contributed by atoms with Crippen LogP contribution in [-0.2, 0) is 0 Å². The number of anilines is 1. The summed E-state index contributed by atoms with van der Waals surface area (Å²) < 4.78 is 0. The number of hydrogen-bond acceptors (Lipinski definition) is 4. The summed E-state index contributed by atoms with van der Waals surface area (Å²) in [5, 5.41) is 0. The molecular weight excluding hydrogens is 224 g/mol. The number of likely N-dealkylation sites (tertiary alicyclic amines) is 1. The van der Waals surface area contributed by atoms with Crippen molar-refractivity contribution < 1.29 is 0 Å². The second kappa shape index (κ2) is 4.84. The molecule has 3 rings (SSSR count). The lowest BCUT2D eigenvalue weighted by Crippen LogP contribution is -2.53. The molecule has 18 heavy (non-hydrogen) atoms. The Hall–Kier alpha value is -1.16. The van der Waals surface area contributed by atoms with Crippen molar-refractivity contribution in [2.75, 3.05) is 31.6 Å². The number of aromatic nitrogens is 2. The third-order valence-corrected chi connectivity index (χ3v) is 4.31. The summed E-state index contributed by atoms with van der Waals surface area (Å²) in [6, 6.07) is 2.62. The molecule has 0 spiro atoms. The molecule has 1 aromatic heterocycles. The Morgan fingerprint density at radius 3 is 3.00 bits per heavy atom. The Morgan fingerprint density at radius 1 is 1.28 bits per heavy atom. The van der Waals surface area contributed by atoms with Crippen molar-refractivity contribution in [3.05, 3.63) is 18.0 Å². The Balaban J connectivity index is 1.83. The first-order valence-electron chi connectivity index (χ1n) is 6.99. The Bertz CT molecular complexity index is 420. The molecule has 98 valence electrons. The normalized spacial score (nSPS) is 29.1. The molecule has 0 radical (unpaired) electrons. The van der Waals surface area contributed by atoms with E-state index in [0.717, 1.165) is 24.1 Å². The topological polar surface area (TPSA) is 32.3 Å². The van der Waals surface area contributed by atoms with Gasteiger partial charge >= 0.3 is 0 Å². The number of rotatable bonds is 1. The van der Waals surface area contributed by atoms with Crippen LogP contribution in [-0.4, -0.2) is 47.6 Å². The van der Waals surface area contributed by atoms with Crippen molar-refractivity contribution in [1.82, 2.24) is 14.9 Å². The van der Waals surface area contributed by atoms with Crippen LogP contribution >= 0.6 is 0 Å². The molecule has 2 atom stereocenters. The molecule has 0 aromatic carbocycles. The number of hydrogen-bond donors (Lipinski definition) is 0. The zero-order valence-corrected chi connectivity index (χ0v) is 11.3. The summed E-state index contributed by atoms with van der Waals surface area (Å²) in [6.45, 7) is 5.59. The van der Waals surface area contributed by atoms with Crippen molar-refractivity contribution in [3.8, 4) is 0 Å². The van der Waals surface area contributed by atoms with Gasteiger partial charge in [-0.2, -0.15) is 0 Å². The molecule has 0 amide bonds. The van der Waals surface area contributed by atoms with E-state index in [0.29, 0.717) is 6.04 Å². The van der Waals surface area contributed by atoms with Gasteiger partial charge in [-0.3, -0.25) is 0 Å². The van der Waals surface area contributed by atoms with Gasteiger partial charge in [0.25, 0.3) is 0 Å². The molecule has 0 bridgehead atoms. The van der Waals surface area contributed by atoms with Gasteiger partial charge in [0.1, 0.15) is 0 Å². The molecule has 4 heteroatoms. The van der Waals surface area contributed by atoms with Gasteiger partial charge in [0.15, 0.2) is 0 Å². The average Bonchev–Trinajstić information content (AvgIpc) is 2.37. The highest BCUT2D eigenvalue weighted by molar-refractivity contribution is 5.33.